The number of rotatable bonds is 4. The van der Waals surface area contributed by atoms with Gasteiger partial charge in [0.15, 0.2) is 0 Å². The number of carbonyl (C=O) groups is 1. The van der Waals surface area contributed by atoms with Gasteiger partial charge in [0.1, 0.15) is 0 Å². The Morgan fingerprint density at radius 1 is 1.33 bits per heavy atom. The molecule has 0 radical (unpaired) electrons. The smallest absolute Gasteiger partial charge is 0.243 e. The first-order valence-corrected chi connectivity index (χ1v) is 6.19. The number of amides is 1. The summed E-state index contributed by atoms with van der Waals surface area (Å²) < 4.78 is 5.24. The molecule has 1 aromatic carbocycles. The van der Waals surface area contributed by atoms with Crippen LogP contribution in [-0.4, -0.2) is 43.8 Å². The summed E-state index contributed by atoms with van der Waals surface area (Å²) in [6.07, 6.45) is 0. The van der Waals surface area contributed by atoms with Crippen LogP contribution in [0.4, 0.5) is 0 Å². The van der Waals surface area contributed by atoms with E-state index in [0.717, 1.165) is 18.7 Å². The van der Waals surface area contributed by atoms with E-state index < -0.39 is 0 Å². The summed E-state index contributed by atoms with van der Waals surface area (Å²) in [6, 6.07) is 9.61. The zero-order valence-corrected chi connectivity index (χ0v) is 10.3. The molecule has 1 aliphatic heterocycles. The van der Waals surface area contributed by atoms with E-state index in [1.165, 1.54) is 0 Å². The van der Waals surface area contributed by atoms with Crippen molar-refractivity contribution in [2.75, 3.05) is 32.8 Å². The van der Waals surface area contributed by atoms with Gasteiger partial charge < -0.3 is 10.5 Å². The lowest BCUT2D eigenvalue weighted by molar-refractivity contribution is -0.129. The molecule has 5 nitrogen and oxygen atoms in total. The highest BCUT2D eigenvalue weighted by atomic mass is 16.5. The average molecular weight is 249 g/mol. The molecule has 2 rings (SSSR count). The van der Waals surface area contributed by atoms with Crippen molar-refractivity contribution in [3.05, 3.63) is 35.9 Å². The maximum absolute atomic E-state index is 12.2. The second-order valence-electron chi connectivity index (χ2n) is 4.27. The number of nitrogens with zero attached hydrogens (tertiary/aromatic N) is 1. The SMILES string of the molecule is NCC(C(=O)NN1CCOCC1)c1ccccc1. The molecule has 1 heterocycles. The van der Waals surface area contributed by atoms with Gasteiger partial charge in [-0.25, -0.2) is 5.01 Å². The Labute approximate surface area is 107 Å². The van der Waals surface area contributed by atoms with E-state index in [-0.39, 0.29) is 11.8 Å². The zero-order valence-electron chi connectivity index (χ0n) is 10.3. The lowest BCUT2D eigenvalue weighted by Gasteiger charge is -2.28. The highest BCUT2D eigenvalue weighted by molar-refractivity contribution is 5.83. The minimum Gasteiger partial charge on any atom is -0.379 e. The third-order valence-corrected chi connectivity index (χ3v) is 3.03. The molecule has 1 amide bonds. The molecule has 1 saturated heterocycles. The summed E-state index contributed by atoms with van der Waals surface area (Å²) >= 11 is 0. The van der Waals surface area contributed by atoms with Crippen molar-refractivity contribution in [2.45, 2.75) is 5.92 Å². The van der Waals surface area contributed by atoms with Crippen molar-refractivity contribution in [1.82, 2.24) is 10.4 Å². The Morgan fingerprint density at radius 2 is 2.00 bits per heavy atom. The molecule has 0 aliphatic carbocycles. The quantitative estimate of drug-likeness (QED) is 0.794. The van der Waals surface area contributed by atoms with Crippen LogP contribution >= 0.6 is 0 Å². The minimum absolute atomic E-state index is 0.0504. The van der Waals surface area contributed by atoms with E-state index in [2.05, 4.69) is 5.43 Å². The summed E-state index contributed by atoms with van der Waals surface area (Å²) in [7, 11) is 0. The second-order valence-corrected chi connectivity index (χ2v) is 4.27. The molecule has 1 atom stereocenters. The first-order chi connectivity index (χ1) is 8.81. The molecule has 98 valence electrons. The summed E-state index contributed by atoms with van der Waals surface area (Å²) in [5.41, 5.74) is 9.56. The largest absolute Gasteiger partial charge is 0.379 e. The van der Waals surface area contributed by atoms with Crippen LogP contribution in [0.1, 0.15) is 11.5 Å². The van der Waals surface area contributed by atoms with E-state index >= 15 is 0 Å². The highest BCUT2D eigenvalue weighted by Crippen LogP contribution is 2.14. The van der Waals surface area contributed by atoms with E-state index in [4.69, 9.17) is 10.5 Å². The maximum atomic E-state index is 12.2. The van der Waals surface area contributed by atoms with Gasteiger partial charge >= 0.3 is 0 Å². The van der Waals surface area contributed by atoms with E-state index in [1.807, 2.05) is 35.3 Å². The van der Waals surface area contributed by atoms with Crippen molar-refractivity contribution in [3.63, 3.8) is 0 Å². The van der Waals surface area contributed by atoms with Crippen LogP contribution in [0.2, 0.25) is 0 Å². The van der Waals surface area contributed by atoms with Gasteiger partial charge in [-0.3, -0.25) is 10.2 Å². The van der Waals surface area contributed by atoms with Crippen molar-refractivity contribution in [2.24, 2.45) is 5.73 Å². The number of benzene rings is 1. The highest BCUT2D eigenvalue weighted by Gasteiger charge is 2.21. The predicted molar refractivity (Wildman–Crippen MR) is 68.8 cm³/mol. The standard InChI is InChI=1S/C13H19N3O2/c14-10-12(11-4-2-1-3-5-11)13(17)15-16-6-8-18-9-7-16/h1-5,12H,6-10,14H2,(H,15,17). The fourth-order valence-electron chi connectivity index (χ4n) is 1.99. The Hall–Kier alpha value is -1.43. The van der Waals surface area contributed by atoms with Crippen molar-refractivity contribution >= 4 is 5.91 Å². The Balaban J connectivity index is 1.97. The first kappa shape index (κ1) is 13.0. The zero-order chi connectivity index (χ0) is 12.8. The fourth-order valence-corrected chi connectivity index (χ4v) is 1.99. The number of carbonyl (C=O) groups excluding carboxylic acids is 1. The number of hydrogen-bond acceptors (Lipinski definition) is 4. The third-order valence-electron chi connectivity index (χ3n) is 3.03. The van der Waals surface area contributed by atoms with E-state index in [9.17, 15) is 4.79 Å². The maximum Gasteiger partial charge on any atom is 0.243 e. The molecule has 1 aromatic rings. The van der Waals surface area contributed by atoms with E-state index in [1.54, 1.807) is 0 Å². The minimum atomic E-state index is -0.297. The number of nitrogens with two attached hydrogens (primary N) is 1. The van der Waals surface area contributed by atoms with Gasteiger partial charge in [-0.05, 0) is 5.56 Å². The lowest BCUT2D eigenvalue weighted by atomic mass is 9.99. The molecule has 3 N–H and O–H groups in total. The molecule has 5 heteroatoms. The monoisotopic (exact) mass is 249 g/mol. The molecule has 1 unspecified atom stereocenters. The molecule has 18 heavy (non-hydrogen) atoms. The molecular weight excluding hydrogens is 230 g/mol. The number of ether oxygens (including phenoxy) is 1. The second kappa shape index (κ2) is 6.49. The Morgan fingerprint density at radius 3 is 2.61 bits per heavy atom. The van der Waals surface area contributed by atoms with Gasteiger partial charge in [0.2, 0.25) is 5.91 Å². The van der Waals surface area contributed by atoms with Crippen molar-refractivity contribution in [1.29, 1.82) is 0 Å². The number of nitrogens with one attached hydrogen (secondary N) is 1. The van der Waals surface area contributed by atoms with Crippen molar-refractivity contribution < 1.29 is 9.53 Å². The average Bonchev–Trinajstić information content (AvgIpc) is 2.42. The third kappa shape index (κ3) is 3.29. The van der Waals surface area contributed by atoms with Crippen LogP contribution < -0.4 is 11.2 Å². The fraction of sp³-hybridized carbons (Fsp3) is 0.462. The summed E-state index contributed by atoms with van der Waals surface area (Å²) in [6.45, 7) is 3.05. The number of hydrogen-bond donors (Lipinski definition) is 2. The van der Waals surface area contributed by atoms with Crippen LogP contribution in [0, 0.1) is 0 Å². The van der Waals surface area contributed by atoms with Crippen LogP contribution in [0.25, 0.3) is 0 Å². The molecule has 1 aliphatic rings. The molecule has 1 fully saturated rings. The van der Waals surface area contributed by atoms with Gasteiger partial charge in [0.25, 0.3) is 0 Å². The summed E-state index contributed by atoms with van der Waals surface area (Å²) in [5, 5.41) is 1.89. The summed E-state index contributed by atoms with van der Waals surface area (Å²) in [5.74, 6) is -0.348. The van der Waals surface area contributed by atoms with Gasteiger partial charge in [-0.2, -0.15) is 0 Å². The van der Waals surface area contributed by atoms with Crippen LogP contribution in [0.5, 0.6) is 0 Å². The molecule has 0 aromatic heterocycles. The lowest BCUT2D eigenvalue weighted by Crippen LogP contribution is -2.50. The van der Waals surface area contributed by atoms with Crippen LogP contribution in [0.3, 0.4) is 0 Å². The number of hydrazine groups is 1. The topological polar surface area (TPSA) is 67.6 Å². The molecule has 0 bridgehead atoms. The molecule has 0 saturated carbocycles. The molecule has 0 spiro atoms. The van der Waals surface area contributed by atoms with Crippen molar-refractivity contribution in [3.8, 4) is 0 Å². The Bertz CT molecular complexity index is 377. The van der Waals surface area contributed by atoms with Crippen LogP contribution in [-0.2, 0) is 9.53 Å². The normalized spacial score (nSPS) is 18.3. The number of morpholine rings is 1. The Kier molecular flexibility index (Phi) is 4.69. The van der Waals surface area contributed by atoms with E-state index in [0.29, 0.717) is 19.8 Å². The van der Waals surface area contributed by atoms with Gasteiger partial charge in [-0.1, -0.05) is 30.3 Å². The van der Waals surface area contributed by atoms with Gasteiger partial charge in [0.05, 0.1) is 19.1 Å². The molecular formula is C13H19N3O2. The van der Waals surface area contributed by atoms with Crippen LogP contribution in [0.15, 0.2) is 30.3 Å². The van der Waals surface area contributed by atoms with Gasteiger partial charge in [0, 0.05) is 19.6 Å². The predicted octanol–water partition coefficient (Wildman–Crippen LogP) is 0.0923. The van der Waals surface area contributed by atoms with Gasteiger partial charge in [-0.15, -0.1) is 0 Å². The first-order valence-electron chi connectivity index (χ1n) is 6.19. The summed E-state index contributed by atoms with van der Waals surface area (Å²) in [4.78, 5) is 12.2.